The smallest absolute Gasteiger partial charge is 0.0786 e. The largest absolute Gasteiger partial charge is 0.550 e. The summed E-state index contributed by atoms with van der Waals surface area (Å²) in [6.45, 7) is 11.5. The van der Waals surface area contributed by atoms with Crippen LogP contribution in [0.3, 0.4) is 0 Å². The average Bonchev–Trinajstić information content (AvgIpc) is 2.62. The van der Waals surface area contributed by atoms with Gasteiger partial charge >= 0.3 is 0 Å². The number of hydrogen-bond donors (Lipinski definition) is 0. The summed E-state index contributed by atoms with van der Waals surface area (Å²) in [5.74, 6) is -1.08. The molecular formula is C23H47NO2. The maximum atomic E-state index is 8.89. The fourth-order valence-electron chi connectivity index (χ4n) is 4.17. The molecule has 0 atom stereocenters. The lowest BCUT2D eigenvalue weighted by Gasteiger charge is -2.42. The summed E-state index contributed by atoms with van der Waals surface area (Å²) in [7, 11) is 0. The van der Waals surface area contributed by atoms with Gasteiger partial charge in [-0.15, -0.1) is 0 Å². The molecule has 0 unspecified atom stereocenters. The van der Waals surface area contributed by atoms with Crippen molar-refractivity contribution in [1.82, 2.24) is 0 Å². The fraction of sp³-hybridized carbons (Fsp3) is 0.957. The van der Waals surface area contributed by atoms with Crippen molar-refractivity contribution in [2.75, 3.05) is 26.2 Å². The van der Waals surface area contributed by atoms with Gasteiger partial charge in [-0.2, -0.15) is 0 Å². The second kappa shape index (κ2) is 17.8. The Hall–Kier alpha value is -0.570. The van der Waals surface area contributed by atoms with Crippen molar-refractivity contribution in [3.05, 3.63) is 0 Å². The van der Waals surface area contributed by atoms with Crippen LogP contribution in [-0.4, -0.2) is 36.6 Å². The molecule has 1 aliphatic rings. The lowest BCUT2D eigenvalue weighted by molar-refractivity contribution is -0.932. The minimum absolute atomic E-state index is 0.972. The van der Waals surface area contributed by atoms with Gasteiger partial charge in [-0.3, -0.25) is 0 Å². The van der Waals surface area contributed by atoms with Crippen molar-refractivity contribution in [2.45, 2.75) is 117 Å². The summed E-state index contributed by atoms with van der Waals surface area (Å²) >= 11 is 0. The molecule has 1 saturated heterocycles. The van der Waals surface area contributed by atoms with E-state index in [0.717, 1.165) is 6.92 Å². The van der Waals surface area contributed by atoms with E-state index in [-0.39, 0.29) is 0 Å². The molecule has 1 aliphatic heterocycles. The second-order valence-corrected chi connectivity index (χ2v) is 8.32. The highest BCUT2D eigenvalue weighted by Crippen LogP contribution is 2.22. The predicted octanol–water partition coefficient (Wildman–Crippen LogP) is 5.46. The summed E-state index contributed by atoms with van der Waals surface area (Å²) in [5.41, 5.74) is 0. The number of unbranched alkanes of at least 4 members (excludes halogenated alkanes) is 10. The highest BCUT2D eigenvalue weighted by molar-refractivity contribution is 5.60. The zero-order valence-electron chi connectivity index (χ0n) is 18.2. The van der Waals surface area contributed by atoms with E-state index < -0.39 is 5.97 Å². The molecule has 0 aromatic heterocycles. The van der Waals surface area contributed by atoms with Gasteiger partial charge in [0.2, 0.25) is 0 Å². The van der Waals surface area contributed by atoms with Crippen LogP contribution in [0.25, 0.3) is 0 Å². The Kier molecular flexibility index (Phi) is 17.4. The molecule has 0 N–H and O–H groups in total. The number of quaternary nitrogens is 1. The molecule has 3 nitrogen and oxygen atoms in total. The first kappa shape index (κ1) is 25.4. The summed E-state index contributed by atoms with van der Waals surface area (Å²) in [6, 6.07) is 0. The molecule has 0 aromatic rings. The molecule has 0 aromatic carbocycles. The van der Waals surface area contributed by atoms with Crippen LogP contribution >= 0.6 is 0 Å². The highest BCUT2D eigenvalue weighted by atomic mass is 16.4. The summed E-state index contributed by atoms with van der Waals surface area (Å²) in [4.78, 5) is 8.89. The number of carboxylic acids is 1. The molecule has 156 valence electrons. The number of carbonyl (C=O) groups excluding carboxylic acids is 1. The SMILES string of the molecule is CC(=O)[O-].CCCCCCCCCCCC[N+]1(CCCC)CCCCC1. The van der Waals surface area contributed by atoms with Crippen LogP contribution in [0.4, 0.5) is 0 Å². The van der Waals surface area contributed by atoms with Gasteiger partial charge in [0.1, 0.15) is 0 Å². The molecule has 3 heteroatoms. The van der Waals surface area contributed by atoms with Crippen LogP contribution in [0.2, 0.25) is 0 Å². The van der Waals surface area contributed by atoms with E-state index in [9.17, 15) is 0 Å². The standard InChI is InChI=1S/C21H44N.C2H4O2/c1-3-5-7-8-9-10-11-12-13-15-19-22(18-6-4-2)20-16-14-17-21-22;1-2(3)4/h3-21H2,1-2H3;1H3,(H,3,4)/q+1;/p-1. The van der Waals surface area contributed by atoms with E-state index in [1.165, 1.54) is 127 Å². The molecule has 0 saturated carbocycles. The number of hydrogen-bond acceptors (Lipinski definition) is 2. The van der Waals surface area contributed by atoms with Crippen molar-refractivity contribution >= 4 is 5.97 Å². The Morgan fingerprint density at radius 1 is 0.692 bits per heavy atom. The molecule has 0 radical (unpaired) electrons. The van der Waals surface area contributed by atoms with Gasteiger partial charge in [-0.1, -0.05) is 71.6 Å². The van der Waals surface area contributed by atoms with Crippen LogP contribution in [0.1, 0.15) is 117 Å². The van der Waals surface area contributed by atoms with Crippen LogP contribution in [0, 0.1) is 0 Å². The quantitative estimate of drug-likeness (QED) is 0.301. The monoisotopic (exact) mass is 369 g/mol. The Bertz CT molecular complexity index is 307. The van der Waals surface area contributed by atoms with Gasteiger partial charge in [0, 0.05) is 5.97 Å². The van der Waals surface area contributed by atoms with Crippen LogP contribution < -0.4 is 5.11 Å². The van der Waals surface area contributed by atoms with Crippen LogP contribution in [0.5, 0.6) is 0 Å². The summed E-state index contributed by atoms with van der Waals surface area (Å²) < 4.78 is 1.48. The number of nitrogens with zero attached hydrogens (tertiary/aromatic N) is 1. The minimum atomic E-state index is -1.08. The zero-order chi connectivity index (χ0) is 19.5. The Labute approximate surface area is 164 Å². The highest BCUT2D eigenvalue weighted by Gasteiger charge is 2.28. The van der Waals surface area contributed by atoms with Crippen molar-refractivity contribution in [3.8, 4) is 0 Å². The first-order valence-corrected chi connectivity index (χ1v) is 11.6. The topological polar surface area (TPSA) is 40.1 Å². The Morgan fingerprint density at radius 3 is 1.54 bits per heavy atom. The Balaban J connectivity index is 0.00000141. The first-order chi connectivity index (χ1) is 12.6. The third kappa shape index (κ3) is 15.7. The van der Waals surface area contributed by atoms with Crippen molar-refractivity contribution in [3.63, 3.8) is 0 Å². The number of carboxylic acid groups (broad SMARTS) is 1. The van der Waals surface area contributed by atoms with Gasteiger partial charge in [0.15, 0.2) is 0 Å². The van der Waals surface area contributed by atoms with E-state index in [1.807, 2.05) is 0 Å². The third-order valence-corrected chi connectivity index (χ3v) is 5.74. The van der Waals surface area contributed by atoms with Gasteiger partial charge < -0.3 is 14.4 Å². The summed E-state index contributed by atoms with van der Waals surface area (Å²) in [5, 5.41) is 8.89. The molecule has 0 amide bonds. The van der Waals surface area contributed by atoms with Gasteiger partial charge in [-0.05, 0) is 45.4 Å². The van der Waals surface area contributed by atoms with Gasteiger partial charge in [-0.25, -0.2) is 0 Å². The first-order valence-electron chi connectivity index (χ1n) is 11.6. The normalized spacial score (nSPS) is 16.0. The molecule has 1 heterocycles. The average molecular weight is 370 g/mol. The molecular weight excluding hydrogens is 322 g/mol. The number of carbonyl (C=O) groups is 1. The van der Waals surface area contributed by atoms with E-state index in [4.69, 9.17) is 9.90 Å². The molecule has 0 spiro atoms. The molecule has 0 aliphatic carbocycles. The number of likely N-dealkylation sites (tertiary alicyclic amines) is 1. The lowest BCUT2D eigenvalue weighted by atomic mass is 10.0. The van der Waals surface area contributed by atoms with E-state index >= 15 is 0 Å². The maximum absolute atomic E-state index is 8.89. The number of rotatable bonds is 14. The zero-order valence-corrected chi connectivity index (χ0v) is 18.2. The van der Waals surface area contributed by atoms with Crippen molar-refractivity contribution < 1.29 is 14.4 Å². The second-order valence-electron chi connectivity index (χ2n) is 8.32. The predicted molar refractivity (Wildman–Crippen MR) is 111 cm³/mol. The van der Waals surface area contributed by atoms with Crippen LogP contribution in [-0.2, 0) is 4.79 Å². The van der Waals surface area contributed by atoms with Gasteiger partial charge in [0.05, 0.1) is 26.2 Å². The fourth-order valence-corrected chi connectivity index (χ4v) is 4.17. The van der Waals surface area contributed by atoms with E-state index in [2.05, 4.69) is 13.8 Å². The number of piperidine rings is 1. The van der Waals surface area contributed by atoms with Gasteiger partial charge in [0.25, 0.3) is 0 Å². The molecule has 26 heavy (non-hydrogen) atoms. The van der Waals surface area contributed by atoms with E-state index in [1.54, 1.807) is 0 Å². The third-order valence-electron chi connectivity index (χ3n) is 5.74. The van der Waals surface area contributed by atoms with Crippen molar-refractivity contribution in [1.29, 1.82) is 0 Å². The Morgan fingerprint density at radius 2 is 1.08 bits per heavy atom. The lowest BCUT2D eigenvalue weighted by Crippen LogP contribution is -2.52. The summed E-state index contributed by atoms with van der Waals surface area (Å²) in [6.07, 6.45) is 22.0. The maximum Gasteiger partial charge on any atom is 0.0786 e. The molecule has 0 bridgehead atoms. The van der Waals surface area contributed by atoms with Crippen molar-refractivity contribution in [2.24, 2.45) is 0 Å². The number of aliphatic carboxylic acids is 1. The van der Waals surface area contributed by atoms with E-state index in [0.29, 0.717) is 0 Å². The molecule has 1 rings (SSSR count). The minimum Gasteiger partial charge on any atom is -0.550 e. The molecule has 1 fully saturated rings. The van der Waals surface area contributed by atoms with Crippen LogP contribution in [0.15, 0.2) is 0 Å².